The molecule has 18 heavy (non-hydrogen) atoms. The van der Waals surface area contributed by atoms with Gasteiger partial charge in [0.15, 0.2) is 0 Å². The molecule has 8 heteroatoms. The van der Waals surface area contributed by atoms with Crippen molar-refractivity contribution in [2.45, 2.75) is 26.6 Å². The second kappa shape index (κ2) is 5.85. The van der Waals surface area contributed by atoms with E-state index in [2.05, 4.69) is 14.5 Å². The zero-order valence-electron chi connectivity index (χ0n) is 9.84. The van der Waals surface area contributed by atoms with E-state index in [9.17, 15) is 18.0 Å². The van der Waals surface area contributed by atoms with Crippen LogP contribution in [0.25, 0.3) is 0 Å². The molecule has 1 aromatic heterocycles. The van der Waals surface area contributed by atoms with Gasteiger partial charge in [-0.1, -0.05) is 0 Å². The maximum absolute atomic E-state index is 11.8. The first-order chi connectivity index (χ1) is 8.33. The molecule has 0 amide bonds. The maximum Gasteiger partial charge on any atom is 0.411 e. The van der Waals surface area contributed by atoms with Crippen LogP contribution in [0.4, 0.5) is 13.2 Å². The van der Waals surface area contributed by atoms with Crippen LogP contribution < -0.4 is 0 Å². The third-order valence-electron chi connectivity index (χ3n) is 1.79. The smallest absolute Gasteiger partial charge is 0.411 e. The standard InChI is InChI=1S/C10H12F3NO4/c1-3-17-9(15)8-6(2)14-7(18-8)4-16-5-10(11,12)13/h3-5H2,1-2H3. The first-order valence-corrected chi connectivity index (χ1v) is 5.11. The largest absolute Gasteiger partial charge is 0.460 e. The number of ether oxygens (including phenoxy) is 2. The van der Waals surface area contributed by atoms with Crippen molar-refractivity contribution in [1.82, 2.24) is 4.98 Å². The molecule has 102 valence electrons. The van der Waals surface area contributed by atoms with Crippen molar-refractivity contribution in [3.05, 3.63) is 17.3 Å². The van der Waals surface area contributed by atoms with Crippen LogP contribution >= 0.6 is 0 Å². The quantitative estimate of drug-likeness (QED) is 0.765. The van der Waals surface area contributed by atoms with Gasteiger partial charge in [-0.05, 0) is 13.8 Å². The maximum atomic E-state index is 11.8. The van der Waals surface area contributed by atoms with Crippen molar-refractivity contribution < 1.29 is 31.9 Å². The Hall–Kier alpha value is -1.57. The SMILES string of the molecule is CCOC(=O)c1oc(COCC(F)(F)F)nc1C. The molecule has 0 atom stereocenters. The van der Waals surface area contributed by atoms with E-state index in [-0.39, 0.29) is 24.0 Å². The molecule has 0 unspecified atom stereocenters. The van der Waals surface area contributed by atoms with E-state index in [1.807, 2.05) is 0 Å². The van der Waals surface area contributed by atoms with E-state index in [1.165, 1.54) is 6.92 Å². The summed E-state index contributed by atoms with van der Waals surface area (Å²) >= 11 is 0. The van der Waals surface area contributed by atoms with Gasteiger partial charge in [0, 0.05) is 0 Å². The van der Waals surface area contributed by atoms with Crippen LogP contribution in [0.5, 0.6) is 0 Å². The molecule has 1 rings (SSSR count). The molecule has 0 aliphatic carbocycles. The normalized spacial score (nSPS) is 11.6. The van der Waals surface area contributed by atoms with Gasteiger partial charge in [0.25, 0.3) is 0 Å². The highest BCUT2D eigenvalue weighted by atomic mass is 19.4. The molecule has 0 radical (unpaired) electrons. The minimum absolute atomic E-state index is 0.0974. The number of rotatable bonds is 5. The minimum Gasteiger partial charge on any atom is -0.460 e. The van der Waals surface area contributed by atoms with E-state index in [0.29, 0.717) is 0 Å². The molecule has 0 aliphatic heterocycles. The first kappa shape index (κ1) is 14.5. The molecule has 0 saturated heterocycles. The molecule has 1 heterocycles. The monoisotopic (exact) mass is 267 g/mol. The lowest BCUT2D eigenvalue weighted by atomic mass is 10.4. The van der Waals surface area contributed by atoms with E-state index in [0.717, 1.165) is 0 Å². The molecular weight excluding hydrogens is 255 g/mol. The number of carbonyl (C=O) groups is 1. The van der Waals surface area contributed by atoms with Gasteiger partial charge >= 0.3 is 12.1 Å². The van der Waals surface area contributed by atoms with Crippen LogP contribution in [-0.2, 0) is 16.1 Å². The summed E-state index contributed by atoms with van der Waals surface area (Å²) in [6.07, 6.45) is -4.41. The van der Waals surface area contributed by atoms with Crippen LogP contribution in [0.3, 0.4) is 0 Å². The summed E-state index contributed by atoms with van der Waals surface area (Å²) in [7, 11) is 0. The number of aromatic nitrogens is 1. The van der Waals surface area contributed by atoms with Gasteiger partial charge in [-0.15, -0.1) is 0 Å². The lowest BCUT2D eigenvalue weighted by molar-refractivity contribution is -0.177. The Morgan fingerprint density at radius 1 is 1.44 bits per heavy atom. The van der Waals surface area contributed by atoms with Gasteiger partial charge in [-0.25, -0.2) is 9.78 Å². The average molecular weight is 267 g/mol. The van der Waals surface area contributed by atoms with Crippen LogP contribution in [0.2, 0.25) is 0 Å². The number of alkyl halides is 3. The van der Waals surface area contributed by atoms with Crippen LogP contribution in [0.1, 0.15) is 29.1 Å². The summed E-state index contributed by atoms with van der Waals surface area (Å²) in [6, 6.07) is 0. The Morgan fingerprint density at radius 3 is 2.67 bits per heavy atom. The van der Waals surface area contributed by atoms with Crippen molar-refractivity contribution >= 4 is 5.97 Å². The van der Waals surface area contributed by atoms with Crippen molar-refractivity contribution in [2.75, 3.05) is 13.2 Å². The van der Waals surface area contributed by atoms with E-state index in [4.69, 9.17) is 4.42 Å². The van der Waals surface area contributed by atoms with Crippen molar-refractivity contribution in [1.29, 1.82) is 0 Å². The van der Waals surface area contributed by atoms with Crippen molar-refractivity contribution in [3.63, 3.8) is 0 Å². The fourth-order valence-corrected chi connectivity index (χ4v) is 1.15. The summed E-state index contributed by atoms with van der Waals surface area (Å²) in [4.78, 5) is 15.1. The number of halogens is 3. The highest BCUT2D eigenvalue weighted by Gasteiger charge is 2.28. The summed E-state index contributed by atoms with van der Waals surface area (Å²) in [5, 5.41) is 0. The fraction of sp³-hybridized carbons (Fsp3) is 0.600. The molecule has 1 aromatic rings. The summed E-state index contributed by atoms with van der Waals surface area (Å²) < 4.78 is 49.5. The van der Waals surface area contributed by atoms with E-state index < -0.39 is 25.4 Å². The molecule has 0 aromatic carbocycles. The number of hydrogen-bond donors (Lipinski definition) is 0. The molecule has 0 fully saturated rings. The third kappa shape index (κ3) is 4.36. The van der Waals surface area contributed by atoms with Gasteiger partial charge in [0.2, 0.25) is 11.7 Å². The third-order valence-corrected chi connectivity index (χ3v) is 1.79. The number of aryl methyl sites for hydroxylation is 1. The number of nitrogens with zero attached hydrogens (tertiary/aromatic N) is 1. The Kier molecular flexibility index (Phi) is 4.71. The molecule has 5 nitrogen and oxygen atoms in total. The lowest BCUT2D eigenvalue weighted by Gasteiger charge is -2.04. The summed E-state index contributed by atoms with van der Waals surface area (Å²) in [5.41, 5.74) is 0.249. The molecule has 0 aliphatic rings. The fourth-order valence-electron chi connectivity index (χ4n) is 1.15. The lowest BCUT2D eigenvalue weighted by Crippen LogP contribution is -2.16. The van der Waals surface area contributed by atoms with E-state index >= 15 is 0 Å². The molecule has 0 bridgehead atoms. The molecule has 0 N–H and O–H groups in total. The average Bonchev–Trinajstić information content (AvgIpc) is 2.58. The Balaban J connectivity index is 2.59. The summed E-state index contributed by atoms with van der Waals surface area (Å²) in [5.74, 6) is -0.924. The topological polar surface area (TPSA) is 61.6 Å². The van der Waals surface area contributed by atoms with Crippen LogP contribution in [0.15, 0.2) is 4.42 Å². The van der Waals surface area contributed by atoms with Crippen LogP contribution in [-0.4, -0.2) is 30.3 Å². The van der Waals surface area contributed by atoms with Gasteiger partial charge in [0.05, 0.1) is 12.3 Å². The van der Waals surface area contributed by atoms with Crippen LogP contribution in [0, 0.1) is 6.92 Å². The highest BCUT2D eigenvalue weighted by Crippen LogP contribution is 2.17. The second-order valence-corrected chi connectivity index (χ2v) is 3.35. The zero-order chi connectivity index (χ0) is 13.8. The molecular formula is C10H12F3NO4. The Morgan fingerprint density at radius 2 is 2.11 bits per heavy atom. The summed E-state index contributed by atoms with van der Waals surface area (Å²) in [6.45, 7) is 1.42. The van der Waals surface area contributed by atoms with Crippen molar-refractivity contribution in [3.8, 4) is 0 Å². The first-order valence-electron chi connectivity index (χ1n) is 5.11. The number of oxazole rings is 1. The van der Waals surface area contributed by atoms with Gasteiger partial charge in [-0.2, -0.15) is 13.2 Å². The van der Waals surface area contributed by atoms with Gasteiger partial charge < -0.3 is 13.9 Å². The molecule has 0 spiro atoms. The number of carbonyl (C=O) groups excluding carboxylic acids is 1. The Bertz CT molecular complexity index is 414. The number of esters is 1. The van der Waals surface area contributed by atoms with Gasteiger partial charge in [-0.3, -0.25) is 0 Å². The van der Waals surface area contributed by atoms with E-state index in [1.54, 1.807) is 6.92 Å². The minimum atomic E-state index is -4.41. The zero-order valence-corrected chi connectivity index (χ0v) is 9.84. The number of hydrogen-bond acceptors (Lipinski definition) is 5. The Labute approximate surface area is 101 Å². The predicted octanol–water partition coefficient (Wildman–Crippen LogP) is 2.24. The second-order valence-electron chi connectivity index (χ2n) is 3.35. The highest BCUT2D eigenvalue weighted by molar-refractivity contribution is 5.87. The van der Waals surface area contributed by atoms with Gasteiger partial charge in [0.1, 0.15) is 13.2 Å². The van der Waals surface area contributed by atoms with Crippen molar-refractivity contribution in [2.24, 2.45) is 0 Å². The predicted molar refractivity (Wildman–Crippen MR) is 52.9 cm³/mol. The molecule has 0 saturated carbocycles.